The molecular weight excluding hydrogens is 220 g/mol. The molecule has 0 radical (unpaired) electrons. The highest BCUT2D eigenvalue weighted by atomic mass is 16.3. The van der Waals surface area contributed by atoms with Crippen LogP contribution in [0.1, 0.15) is 54.4 Å². The molecule has 1 aliphatic carbocycles. The van der Waals surface area contributed by atoms with Gasteiger partial charge in [0.1, 0.15) is 0 Å². The molecule has 1 N–H and O–H groups in total. The fourth-order valence-corrected chi connectivity index (χ4v) is 3.22. The van der Waals surface area contributed by atoms with Crippen LogP contribution in [0.3, 0.4) is 0 Å². The maximum Gasteiger partial charge on any atom is 0.0464 e. The van der Waals surface area contributed by atoms with Crippen molar-refractivity contribution in [2.75, 3.05) is 6.61 Å². The zero-order chi connectivity index (χ0) is 13.9. The molecule has 0 saturated carbocycles. The van der Waals surface area contributed by atoms with Crippen LogP contribution in [0.4, 0.5) is 0 Å². The van der Waals surface area contributed by atoms with Gasteiger partial charge < -0.3 is 5.11 Å². The lowest BCUT2D eigenvalue weighted by atomic mass is 9.73. The van der Waals surface area contributed by atoms with E-state index in [9.17, 15) is 5.11 Å². The molecule has 0 aliphatic heterocycles. The third-order valence-electron chi connectivity index (χ3n) is 5.13. The van der Waals surface area contributed by atoms with Crippen molar-refractivity contribution in [2.45, 2.75) is 54.4 Å². The molecule has 0 aromatic carbocycles. The Labute approximate surface area is 113 Å². The van der Waals surface area contributed by atoms with Crippen LogP contribution in [0, 0.1) is 23.2 Å². The van der Waals surface area contributed by atoms with Crippen molar-refractivity contribution in [3.63, 3.8) is 0 Å². The monoisotopic (exact) mass is 250 g/mol. The Hall–Kier alpha value is -0.560. The van der Waals surface area contributed by atoms with Gasteiger partial charge >= 0.3 is 0 Å². The van der Waals surface area contributed by atoms with Crippen LogP contribution in [0.5, 0.6) is 0 Å². The Bertz CT molecular complexity index is 332. The molecule has 3 unspecified atom stereocenters. The molecule has 0 amide bonds. The highest BCUT2D eigenvalue weighted by Crippen LogP contribution is 2.46. The van der Waals surface area contributed by atoms with Crippen LogP contribution in [0.2, 0.25) is 0 Å². The summed E-state index contributed by atoms with van der Waals surface area (Å²) in [5.41, 5.74) is 3.30. The van der Waals surface area contributed by atoms with E-state index in [1.54, 1.807) is 0 Å². The van der Waals surface area contributed by atoms with Gasteiger partial charge in [-0.25, -0.2) is 0 Å². The average molecular weight is 250 g/mol. The van der Waals surface area contributed by atoms with E-state index in [2.05, 4.69) is 53.7 Å². The van der Waals surface area contributed by atoms with Gasteiger partial charge in [0.2, 0.25) is 0 Å². The number of aliphatic hydroxyl groups is 1. The van der Waals surface area contributed by atoms with E-state index in [1.807, 2.05) is 0 Å². The van der Waals surface area contributed by atoms with Crippen molar-refractivity contribution in [1.82, 2.24) is 0 Å². The maximum atomic E-state index is 9.38. The standard InChI is InChI=1S/C17H30O/c1-7-15(11-18)12(2)10-13(3)16-9-8-14(4)17(16,5)6/h8,10,12,15-16,18H,7,9,11H2,1-6H3/b13-10+. The number of aliphatic hydroxyl groups excluding tert-OH is 1. The zero-order valence-corrected chi connectivity index (χ0v) is 13.0. The SMILES string of the molecule is CCC(CO)C(C)/C=C(\C)C1CC=C(C)C1(C)C. The van der Waals surface area contributed by atoms with Crippen LogP contribution in [0.25, 0.3) is 0 Å². The van der Waals surface area contributed by atoms with Gasteiger partial charge in [-0.05, 0) is 43.4 Å². The Balaban J connectivity index is 2.79. The van der Waals surface area contributed by atoms with Gasteiger partial charge in [-0.2, -0.15) is 0 Å². The molecule has 0 spiro atoms. The van der Waals surface area contributed by atoms with Crippen molar-refractivity contribution >= 4 is 0 Å². The lowest BCUT2D eigenvalue weighted by Gasteiger charge is -2.31. The van der Waals surface area contributed by atoms with Crippen LogP contribution in [-0.4, -0.2) is 11.7 Å². The smallest absolute Gasteiger partial charge is 0.0464 e. The summed E-state index contributed by atoms with van der Waals surface area (Å²) in [6.07, 6.45) is 7.00. The average Bonchev–Trinajstić information content (AvgIpc) is 2.55. The van der Waals surface area contributed by atoms with Crippen molar-refractivity contribution in [2.24, 2.45) is 23.2 Å². The Morgan fingerprint density at radius 3 is 2.56 bits per heavy atom. The third-order valence-corrected chi connectivity index (χ3v) is 5.13. The molecule has 18 heavy (non-hydrogen) atoms. The van der Waals surface area contributed by atoms with Crippen LogP contribution < -0.4 is 0 Å². The van der Waals surface area contributed by atoms with E-state index in [1.165, 1.54) is 17.6 Å². The zero-order valence-electron chi connectivity index (χ0n) is 13.0. The Morgan fingerprint density at radius 2 is 2.17 bits per heavy atom. The van der Waals surface area contributed by atoms with Gasteiger partial charge in [-0.1, -0.05) is 57.4 Å². The highest BCUT2D eigenvalue weighted by molar-refractivity contribution is 5.26. The second-order valence-corrected chi connectivity index (χ2v) is 6.52. The van der Waals surface area contributed by atoms with Crippen molar-refractivity contribution in [3.8, 4) is 0 Å². The summed E-state index contributed by atoms with van der Waals surface area (Å²) >= 11 is 0. The van der Waals surface area contributed by atoms with Crippen LogP contribution >= 0.6 is 0 Å². The van der Waals surface area contributed by atoms with Gasteiger partial charge in [-0.15, -0.1) is 0 Å². The molecule has 0 bridgehead atoms. The first-order valence-electron chi connectivity index (χ1n) is 7.31. The molecule has 0 aromatic rings. The molecule has 0 fully saturated rings. The first-order chi connectivity index (χ1) is 8.34. The second-order valence-electron chi connectivity index (χ2n) is 6.52. The molecule has 1 aliphatic rings. The number of rotatable bonds is 5. The summed E-state index contributed by atoms with van der Waals surface area (Å²) in [6, 6.07) is 0. The van der Waals surface area contributed by atoms with Gasteiger partial charge in [-0.3, -0.25) is 0 Å². The quantitative estimate of drug-likeness (QED) is 0.708. The summed E-state index contributed by atoms with van der Waals surface area (Å²) in [7, 11) is 0. The number of hydrogen-bond acceptors (Lipinski definition) is 1. The minimum absolute atomic E-state index is 0.293. The van der Waals surface area contributed by atoms with Gasteiger partial charge in [0.25, 0.3) is 0 Å². The molecular formula is C17H30O. The lowest BCUT2D eigenvalue weighted by Crippen LogP contribution is -2.22. The minimum Gasteiger partial charge on any atom is -0.396 e. The maximum absolute atomic E-state index is 9.38. The van der Waals surface area contributed by atoms with E-state index in [0.29, 0.717) is 29.8 Å². The van der Waals surface area contributed by atoms with Crippen LogP contribution in [0.15, 0.2) is 23.3 Å². The molecule has 0 saturated heterocycles. The summed E-state index contributed by atoms with van der Waals surface area (Å²) in [6.45, 7) is 13.9. The summed E-state index contributed by atoms with van der Waals surface area (Å²) < 4.78 is 0. The predicted octanol–water partition coefficient (Wildman–Crippen LogP) is 4.58. The highest BCUT2D eigenvalue weighted by Gasteiger charge is 2.35. The second kappa shape index (κ2) is 6.06. The van der Waals surface area contributed by atoms with Crippen molar-refractivity contribution in [1.29, 1.82) is 0 Å². The van der Waals surface area contributed by atoms with E-state index in [0.717, 1.165) is 6.42 Å². The molecule has 0 heterocycles. The van der Waals surface area contributed by atoms with E-state index in [-0.39, 0.29) is 0 Å². The lowest BCUT2D eigenvalue weighted by molar-refractivity contribution is 0.194. The molecule has 1 heteroatoms. The van der Waals surface area contributed by atoms with Crippen molar-refractivity contribution in [3.05, 3.63) is 23.3 Å². The predicted molar refractivity (Wildman–Crippen MR) is 79.4 cm³/mol. The topological polar surface area (TPSA) is 20.2 Å². The van der Waals surface area contributed by atoms with E-state index >= 15 is 0 Å². The summed E-state index contributed by atoms with van der Waals surface area (Å²) in [5, 5.41) is 9.38. The fraction of sp³-hybridized carbons (Fsp3) is 0.765. The first kappa shape index (κ1) is 15.5. The third kappa shape index (κ3) is 3.06. The van der Waals surface area contributed by atoms with Crippen LogP contribution in [-0.2, 0) is 0 Å². The summed E-state index contributed by atoms with van der Waals surface area (Å²) in [5.74, 6) is 1.51. The van der Waals surface area contributed by atoms with Gasteiger partial charge in [0.05, 0.1) is 0 Å². The summed E-state index contributed by atoms with van der Waals surface area (Å²) in [4.78, 5) is 0. The molecule has 1 rings (SSSR count). The Morgan fingerprint density at radius 1 is 1.56 bits per heavy atom. The fourth-order valence-electron chi connectivity index (χ4n) is 3.22. The molecule has 1 nitrogen and oxygen atoms in total. The van der Waals surface area contributed by atoms with Gasteiger partial charge in [0, 0.05) is 6.61 Å². The molecule has 104 valence electrons. The largest absolute Gasteiger partial charge is 0.396 e. The minimum atomic E-state index is 0.293. The normalized spacial score (nSPS) is 26.9. The van der Waals surface area contributed by atoms with E-state index < -0.39 is 0 Å². The number of hydrogen-bond donors (Lipinski definition) is 1. The molecule has 3 atom stereocenters. The van der Waals surface area contributed by atoms with Crippen molar-refractivity contribution < 1.29 is 5.11 Å². The van der Waals surface area contributed by atoms with E-state index in [4.69, 9.17) is 0 Å². The Kier molecular flexibility index (Phi) is 5.21. The number of allylic oxidation sites excluding steroid dienone is 4. The first-order valence-corrected chi connectivity index (χ1v) is 7.31. The molecule has 0 aromatic heterocycles. The van der Waals surface area contributed by atoms with Gasteiger partial charge in [0.15, 0.2) is 0 Å².